The molecule has 170 valence electrons. The number of aromatic nitrogens is 2. The number of carbonyl (C=O) groups is 1. The summed E-state index contributed by atoms with van der Waals surface area (Å²) in [4.78, 5) is 25.3. The van der Waals surface area contributed by atoms with Crippen LogP contribution in [-0.2, 0) is 28.4 Å². The first-order chi connectivity index (χ1) is 15.2. The van der Waals surface area contributed by atoms with Gasteiger partial charge in [0.15, 0.2) is 0 Å². The summed E-state index contributed by atoms with van der Waals surface area (Å²) in [7, 11) is -1.91. The first-order valence-electron chi connectivity index (χ1n) is 10.7. The van der Waals surface area contributed by atoms with Gasteiger partial charge in [0.05, 0.1) is 15.9 Å². The number of sulfonamides is 1. The second-order valence-electron chi connectivity index (χ2n) is 8.76. The van der Waals surface area contributed by atoms with E-state index >= 15 is 0 Å². The third kappa shape index (κ3) is 4.22. The number of aryl methyl sites for hydroxylation is 1. The molecule has 0 spiro atoms. The number of para-hydroxylation sites is 2. The Morgan fingerprint density at radius 1 is 1.00 bits per heavy atom. The Hall–Kier alpha value is -2.91. The maximum atomic E-state index is 13.0. The number of piperidine rings is 1. The highest BCUT2D eigenvalue weighted by Crippen LogP contribution is 2.27. The Balaban J connectivity index is 1.48. The van der Waals surface area contributed by atoms with Crippen LogP contribution in [0.15, 0.2) is 58.2 Å². The van der Waals surface area contributed by atoms with E-state index in [-0.39, 0.29) is 23.0 Å². The Morgan fingerprint density at radius 2 is 1.59 bits per heavy atom. The number of benzene rings is 2. The molecule has 9 heteroatoms. The van der Waals surface area contributed by atoms with Gasteiger partial charge < -0.3 is 5.32 Å². The molecule has 0 aliphatic carbocycles. The SMILES string of the molecule is CC1CC(C)CN(S(=O)(=O)c2ccc(NC(=O)Cn3c(=O)n(C)c4ccccc43)cc2)C1. The molecule has 1 N–H and O–H groups in total. The zero-order valence-corrected chi connectivity index (χ0v) is 19.3. The third-order valence-electron chi connectivity index (χ3n) is 5.96. The zero-order chi connectivity index (χ0) is 23.0. The van der Waals surface area contributed by atoms with E-state index in [1.165, 1.54) is 21.3 Å². The minimum absolute atomic E-state index is 0.135. The Labute approximate surface area is 187 Å². The molecule has 3 aromatic rings. The number of anilines is 1. The van der Waals surface area contributed by atoms with Gasteiger partial charge in [-0.05, 0) is 54.7 Å². The molecule has 0 saturated carbocycles. The van der Waals surface area contributed by atoms with Gasteiger partial charge in [0.1, 0.15) is 6.54 Å². The van der Waals surface area contributed by atoms with Crippen LogP contribution in [0.25, 0.3) is 11.0 Å². The fraction of sp³-hybridized carbons (Fsp3) is 0.391. The standard InChI is InChI=1S/C23H28N4O4S/c1-16-12-17(2)14-26(13-16)32(30,31)19-10-8-18(9-11-19)24-22(28)15-27-21-7-5-4-6-20(21)25(3)23(27)29/h4-11,16-17H,12-15H2,1-3H3,(H,24,28). The summed E-state index contributed by atoms with van der Waals surface area (Å²) < 4.78 is 30.5. The van der Waals surface area contributed by atoms with Gasteiger partial charge in [-0.2, -0.15) is 4.31 Å². The topological polar surface area (TPSA) is 93.4 Å². The maximum absolute atomic E-state index is 13.0. The smallest absolute Gasteiger partial charge is 0.325 e. The van der Waals surface area contributed by atoms with E-state index in [4.69, 9.17) is 0 Å². The van der Waals surface area contributed by atoms with E-state index in [1.807, 2.05) is 18.2 Å². The molecule has 1 fully saturated rings. The molecule has 2 heterocycles. The van der Waals surface area contributed by atoms with Crippen LogP contribution >= 0.6 is 0 Å². The summed E-state index contributed by atoms with van der Waals surface area (Å²) in [5.74, 6) is 0.284. The molecule has 1 aromatic heterocycles. The van der Waals surface area contributed by atoms with Crippen molar-refractivity contribution in [1.82, 2.24) is 13.4 Å². The number of hydrogen-bond donors (Lipinski definition) is 1. The summed E-state index contributed by atoms with van der Waals surface area (Å²) in [5.41, 5.74) is 1.64. The molecule has 0 bridgehead atoms. The summed E-state index contributed by atoms with van der Waals surface area (Å²) in [5, 5.41) is 2.75. The largest absolute Gasteiger partial charge is 0.329 e. The van der Waals surface area contributed by atoms with Crippen molar-refractivity contribution in [3.63, 3.8) is 0 Å². The lowest BCUT2D eigenvalue weighted by molar-refractivity contribution is -0.116. The molecule has 1 saturated heterocycles. The first kappa shape index (κ1) is 22.3. The number of rotatable bonds is 5. The van der Waals surface area contributed by atoms with Gasteiger partial charge in [0, 0.05) is 25.8 Å². The van der Waals surface area contributed by atoms with Crippen molar-refractivity contribution in [1.29, 1.82) is 0 Å². The van der Waals surface area contributed by atoms with Crippen LogP contribution in [0.4, 0.5) is 5.69 Å². The lowest BCUT2D eigenvalue weighted by Gasteiger charge is -2.34. The maximum Gasteiger partial charge on any atom is 0.329 e. The number of carbonyl (C=O) groups excluding carboxylic acids is 1. The minimum atomic E-state index is -3.58. The second-order valence-corrected chi connectivity index (χ2v) is 10.7. The van der Waals surface area contributed by atoms with Crippen molar-refractivity contribution in [2.75, 3.05) is 18.4 Å². The highest BCUT2D eigenvalue weighted by molar-refractivity contribution is 7.89. The molecule has 32 heavy (non-hydrogen) atoms. The number of nitrogens with one attached hydrogen (secondary N) is 1. The van der Waals surface area contributed by atoms with Gasteiger partial charge in [-0.25, -0.2) is 13.2 Å². The quantitative estimate of drug-likeness (QED) is 0.639. The molecular formula is C23H28N4O4S. The van der Waals surface area contributed by atoms with Crippen LogP contribution in [-0.4, -0.2) is 40.9 Å². The van der Waals surface area contributed by atoms with Gasteiger partial charge in [-0.1, -0.05) is 26.0 Å². The van der Waals surface area contributed by atoms with Gasteiger partial charge >= 0.3 is 5.69 Å². The normalized spacial score (nSPS) is 19.8. The van der Waals surface area contributed by atoms with Gasteiger partial charge in [-0.15, -0.1) is 0 Å². The number of nitrogens with zero attached hydrogens (tertiary/aromatic N) is 3. The van der Waals surface area contributed by atoms with Gasteiger partial charge in [0.2, 0.25) is 15.9 Å². The minimum Gasteiger partial charge on any atom is -0.325 e. The summed E-state index contributed by atoms with van der Waals surface area (Å²) in [6.07, 6.45) is 1.02. The molecule has 1 aliphatic rings. The monoisotopic (exact) mass is 456 g/mol. The molecule has 1 aliphatic heterocycles. The van der Waals surface area contributed by atoms with Crippen molar-refractivity contribution >= 4 is 32.7 Å². The number of imidazole rings is 1. The van der Waals surface area contributed by atoms with E-state index in [9.17, 15) is 18.0 Å². The predicted octanol–water partition coefficient (Wildman–Crippen LogP) is 2.65. The summed E-state index contributed by atoms with van der Waals surface area (Å²) in [6.45, 7) is 5.04. The number of fused-ring (bicyclic) bond motifs is 1. The average Bonchev–Trinajstić information content (AvgIpc) is 2.98. The van der Waals surface area contributed by atoms with Crippen LogP contribution < -0.4 is 11.0 Å². The molecule has 1 amide bonds. The Bertz CT molecular complexity index is 1300. The van der Waals surface area contributed by atoms with Crippen LogP contribution in [0, 0.1) is 11.8 Å². The van der Waals surface area contributed by atoms with Gasteiger partial charge in [0.25, 0.3) is 0 Å². The highest BCUT2D eigenvalue weighted by Gasteiger charge is 2.31. The second kappa shape index (κ2) is 8.55. The Morgan fingerprint density at radius 3 is 2.22 bits per heavy atom. The first-order valence-corrected chi connectivity index (χ1v) is 12.1. The van der Waals surface area contributed by atoms with E-state index in [2.05, 4.69) is 19.2 Å². The molecule has 4 rings (SSSR count). The molecular weight excluding hydrogens is 428 g/mol. The van der Waals surface area contributed by atoms with Crippen molar-refractivity contribution in [3.8, 4) is 0 Å². The van der Waals surface area contributed by atoms with Crippen molar-refractivity contribution in [2.45, 2.75) is 31.7 Å². The highest BCUT2D eigenvalue weighted by atomic mass is 32.2. The van der Waals surface area contributed by atoms with Crippen LogP contribution in [0.5, 0.6) is 0 Å². The van der Waals surface area contributed by atoms with Crippen molar-refractivity contribution in [3.05, 3.63) is 59.0 Å². The number of amides is 1. The van der Waals surface area contributed by atoms with Crippen LogP contribution in [0.3, 0.4) is 0 Å². The van der Waals surface area contributed by atoms with Crippen LogP contribution in [0.1, 0.15) is 20.3 Å². The van der Waals surface area contributed by atoms with Gasteiger partial charge in [-0.3, -0.25) is 13.9 Å². The average molecular weight is 457 g/mol. The van der Waals surface area contributed by atoms with E-state index in [0.29, 0.717) is 36.1 Å². The lowest BCUT2D eigenvalue weighted by atomic mass is 9.94. The van der Waals surface area contributed by atoms with Crippen molar-refractivity contribution in [2.24, 2.45) is 18.9 Å². The van der Waals surface area contributed by atoms with E-state index in [1.54, 1.807) is 29.6 Å². The lowest BCUT2D eigenvalue weighted by Crippen LogP contribution is -2.42. The van der Waals surface area contributed by atoms with Crippen molar-refractivity contribution < 1.29 is 13.2 Å². The van der Waals surface area contributed by atoms with E-state index < -0.39 is 10.0 Å². The predicted molar refractivity (Wildman–Crippen MR) is 124 cm³/mol. The third-order valence-corrected chi connectivity index (χ3v) is 7.81. The Kier molecular flexibility index (Phi) is 5.96. The molecule has 2 aromatic carbocycles. The molecule has 0 radical (unpaired) electrons. The van der Waals surface area contributed by atoms with Crippen LogP contribution in [0.2, 0.25) is 0 Å². The fourth-order valence-corrected chi connectivity index (χ4v) is 6.20. The fourth-order valence-electron chi connectivity index (χ4n) is 4.52. The van der Waals surface area contributed by atoms with E-state index in [0.717, 1.165) is 11.9 Å². The zero-order valence-electron chi connectivity index (χ0n) is 18.5. The number of hydrogen-bond acceptors (Lipinski definition) is 4. The molecule has 8 nitrogen and oxygen atoms in total. The summed E-state index contributed by atoms with van der Waals surface area (Å²) >= 11 is 0. The summed E-state index contributed by atoms with van der Waals surface area (Å²) in [6, 6.07) is 13.5. The molecule has 2 atom stereocenters. The molecule has 2 unspecified atom stereocenters.